The van der Waals surface area contributed by atoms with Crippen molar-refractivity contribution in [3.8, 4) is 0 Å². The fourth-order valence-electron chi connectivity index (χ4n) is 3.55. The topological polar surface area (TPSA) is 42.1 Å². The molecule has 2 atom stereocenters. The van der Waals surface area contributed by atoms with Gasteiger partial charge in [-0.05, 0) is 44.2 Å². The van der Waals surface area contributed by atoms with Crippen LogP contribution >= 0.6 is 0 Å². The van der Waals surface area contributed by atoms with Crippen molar-refractivity contribution >= 4 is 5.69 Å². The number of hydrogen-bond donors (Lipinski definition) is 1. The van der Waals surface area contributed by atoms with E-state index in [4.69, 9.17) is 5.73 Å². The fraction of sp³-hybridized carbons (Fsp3) is 0.643. The average Bonchev–Trinajstić information content (AvgIpc) is 2.37. The number of piperidine rings is 2. The van der Waals surface area contributed by atoms with Gasteiger partial charge < -0.3 is 10.6 Å². The van der Waals surface area contributed by atoms with Gasteiger partial charge in [0.1, 0.15) is 5.69 Å². The Morgan fingerprint density at radius 3 is 2.30 bits per heavy atom. The van der Waals surface area contributed by atoms with Crippen molar-refractivity contribution < 1.29 is 13.2 Å². The Morgan fingerprint density at radius 1 is 1.15 bits per heavy atom. The summed E-state index contributed by atoms with van der Waals surface area (Å²) in [6.45, 7) is 0. The highest BCUT2D eigenvalue weighted by atomic mass is 19.4. The Kier molecular flexibility index (Phi) is 3.36. The molecular formula is C14H18F3N3. The summed E-state index contributed by atoms with van der Waals surface area (Å²) >= 11 is 0. The monoisotopic (exact) mass is 285 g/mol. The molecular weight excluding hydrogens is 267 g/mol. The Morgan fingerprint density at radius 2 is 1.80 bits per heavy atom. The molecule has 1 aromatic heterocycles. The molecule has 3 nitrogen and oxygen atoms in total. The molecule has 0 aliphatic carbocycles. The summed E-state index contributed by atoms with van der Waals surface area (Å²) in [5, 5.41) is 0. The average molecular weight is 285 g/mol. The lowest BCUT2D eigenvalue weighted by Crippen LogP contribution is -2.55. The van der Waals surface area contributed by atoms with E-state index in [-0.39, 0.29) is 6.04 Å². The van der Waals surface area contributed by atoms with Crippen LogP contribution in [0.1, 0.15) is 37.8 Å². The minimum Gasteiger partial charge on any atom is -0.364 e. The van der Waals surface area contributed by atoms with E-state index in [9.17, 15) is 13.2 Å². The zero-order chi connectivity index (χ0) is 14.3. The van der Waals surface area contributed by atoms with Gasteiger partial charge in [0.15, 0.2) is 0 Å². The third-order valence-corrected chi connectivity index (χ3v) is 4.35. The number of fused-ring (bicyclic) bond motifs is 2. The first-order chi connectivity index (χ1) is 9.45. The second-order valence-corrected chi connectivity index (χ2v) is 5.78. The molecule has 6 heteroatoms. The number of pyridine rings is 1. The molecule has 1 aromatic rings. The zero-order valence-corrected chi connectivity index (χ0v) is 11.1. The maximum Gasteiger partial charge on any atom is 0.433 e. The number of hydrogen-bond acceptors (Lipinski definition) is 3. The van der Waals surface area contributed by atoms with Crippen LogP contribution in [0.5, 0.6) is 0 Å². The molecule has 2 saturated heterocycles. The summed E-state index contributed by atoms with van der Waals surface area (Å²) in [6, 6.07) is 3.51. The highest BCUT2D eigenvalue weighted by molar-refractivity contribution is 5.48. The molecule has 0 spiro atoms. The lowest BCUT2D eigenvalue weighted by atomic mass is 9.82. The third kappa shape index (κ3) is 2.49. The van der Waals surface area contributed by atoms with E-state index in [1.807, 2.05) is 0 Å². The van der Waals surface area contributed by atoms with Gasteiger partial charge in [-0.15, -0.1) is 0 Å². The second-order valence-electron chi connectivity index (χ2n) is 5.78. The normalized spacial score (nSPS) is 30.4. The van der Waals surface area contributed by atoms with E-state index in [0.29, 0.717) is 12.1 Å². The van der Waals surface area contributed by atoms with Crippen molar-refractivity contribution in [2.45, 2.75) is 56.4 Å². The first-order valence-electron chi connectivity index (χ1n) is 7.02. The van der Waals surface area contributed by atoms with Crippen molar-refractivity contribution in [3.63, 3.8) is 0 Å². The van der Waals surface area contributed by atoms with Gasteiger partial charge >= 0.3 is 6.18 Å². The summed E-state index contributed by atoms with van der Waals surface area (Å²) in [6.07, 6.45) is 2.10. The van der Waals surface area contributed by atoms with Crippen molar-refractivity contribution in [3.05, 3.63) is 24.0 Å². The molecule has 2 aliphatic rings. The van der Waals surface area contributed by atoms with Gasteiger partial charge in [0.25, 0.3) is 0 Å². The highest BCUT2D eigenvalue weighted by Crippen LogP contribution is 2.37. The summed E-state index contributed by atoms with van der Waals surface area (Å²) in [4.78, 5) is 5.81. The summed E-state index contributed by atoms with van der Waals surface area (Å²) in [5.74, 6) is 0. The van der Waals surface area contributed by atoms with Crippen LogP contribution in [-0.2, 0) is 6.18 Å². The number of nitrogens with two attached hydrogens (primary N) is 1. The Balaban J connectivity index is 1.85. The van der Waals surface area contributed by atoms with Crippen molar-refractivity contribution in [1.29, 1.82) is 0 Å². The lowest BCUT2D eigenvalue weighted by molar-refractivity contribution is -0.141. The number of alkyl halides is 3. The molecule has 2 aliphatic heterocycles. The van der Waals surface area contributed by atoms with Gasteiger partial charge in [0.2, 0.25) is 0 Å². The minimum atomic E-state index is -4.38. The molecule has 2 N–H and O–H groups in total. The van der Waals surface area contributed by atoms with Crippen LogP contribution in [0, 0.1) is 0 Å². The lowest BCUT2D eigenvalue weighted by Gasteiger charge is -2.49. The van der Waals surface area contributed by atoms with E-state index < -0.39 is 11.9 Å². The molecule has 3 rings (SSSR count). The molecule has 0 saturated carbocycles. The number of halogens is 3. The SMILES string of the molecule is NC1CC2CCCC(C1)N2c1ccc(C(F)(F)F)nc1. The number of anilines is 1. The van der Waals surface area contributed by atoms with E-state index in [2.05, 4.69) is 9.88 Å². The first-order valence-corrected chi connectivity index (χ1v) is 7.02. The summed E-state index contributed by atoms with van der Waals surface area (Å²) in [5.41, 5.74) is 6.01. The van der Waals surface area contributed by atoms with E-state index >= 15 is 0 Å². The van der Waals surface area contributed by atoms with Gasteiger partial charge in [-0.3, -0.25) is 0 Å². The van der Waals surface area contributed by atoms with Crippen molar-refractivity contribution in [2.75, 3.05) is 4.90 Å². The number of nitrogens with zero attached hydrogens (tertiary/aromatic N) is 2. The van der Waals surface area contributed by atoms with Crippen LogP contribution in [0.15, 0.2) is 18.3 Å². The van der Waals surface area contributed by atoms with Gasteiger partial charge in [-0.2, -0.15) is 13.2 Å². The Bertz CT molecular complexity index is 458. The number of aromatic nitrogens is 1. The predicted molar refractivity (Wildman–Crippen MR) is 70.4 cm³/mol. The maximum absolute atomic E-state index is 12.6. The van der Waals surface area contributed by atoms with E-state index in [1.54, 1.807) is 0 Å². The molecule has 3 heterocycles. The number of rotatable bonds is 1. The first kappa shape index (κ1) is 13.7. The van der Waals surface area contributed by atoms with Crippen LogP contribution in [0.25, 0.3) is 0 Å². The summed E-state index contributed by atoms with van der Waals surface area (Å²) < 4.78 is 37.7. The Hall–Kier alpha value is -1.30. The van der Waals surface area contributed by atoms with Gasteiger partial charge in [-0.25, -0.2) is 4.98 Å². The van der Waals surface area contributed by atoms with Gasteiger partial charge in [0, 0.05) is 18.1 Å². The molecule has 2 fully saturated rings. The smallest absolute Gasteiger partial charge is 0.364 e. The predicted octanol–water partition coefficient (Wildman–Crippen LogP) is 2.95. The fourth-order valence-corrected chi connectivity index (χ4v) is 3.55. The van der Waals surface area contributed by atoms with Gasteiger partial charge in [0.05, 0.1) is 11.9 Å². The Labute approximate surface area is 116 Å². The molecule has 2 bridgehead atoms. The largest absolute Gasteiger partial charge is 0.433 e. The van der Waals surface area contributed by atoms with Crippen LogP contribution in [0.2, 0.25) is 0 Å². The van der Waals surface area contributed by atoms with E-state index in [0.717, 1.165) is 37.4 Å². The van der Waals surface area contributed by atoms with Crippen LogP contribution < -0.4 is 10.6 Å². The van der Waals surface area contributed by atoms with Crippen LogP contribution in [0.4, 0.5) is 18.9 Å². The quantitative estimate of drug-likeness (QED) is 0.862. The van der Waals surface area contributed by atoms with E-state index in [1.165, 1.54) is 18.7 Å². The van der Waals surface area contributed by atoms with Gasteiger partial charge in [-0.1, -0.05) is 0 Å². The third-order valence-electron chi connectivity index (χ3n) is 4.35. The molecule has 2 unspecified atom stereocenters. The molecule has 0 radical (unpaired) electrons. The zero-order valence-electron chi connectivity index (χ0n) is 11.1. The minimum absolute atomic E-state index is 0.212. The molecule has 110 valence electrons. The van der Waals surface area contributed by atoms with Crippen LogP contribution in [0.3, 0.4) is 0 Å². The molecule has 0 aromatic carbocycles. The highest BCUT2D eigenvalue weighted by Gasteiger charge is 2.38. The maximum atomic E-state index is 12.6. The molecule has 0 amide bonds. The van der Waals surface area contributed by atoms with Crippen LogP contribution in [-0.4, -0.2) is 23.1 Å². The standard InChI is InChI=1S/C14H18F3N3/c15-14(16,17)13-5-4-12(8-19-13)20-10-2-1-3-11(20)7-9(18)6-10/h4-5,8-11H,1-3,6-7,18H2. The molecule has 20 heavy (non-hydrogen) atoms. The van der Waals surface area contributed by atoms with Crippen molar-refractivity contribution in [1.82, 2.24) is 4.98 Å². The summed E-state index contributed by atoms with van der Waals surface area (Å²) in [7, 11) is 0. The van der Waals surface area contributed by atoms with Crippen molar-refractivity contribution in [2.24, 2.45) is 5.73 Å². The second kappa shape index (κ2) is 4.91.